The Balaban J connectivity index is 3.54. The predicted molar refractivity (Wildman–Crippen MR) is 60.9 cm³/mol. The van der Waals surface area contributed by atoms with Gasteiger partial charge in [0.05, 0.1) is 13.0 Å². The fraction of sp³-hybridized carbons (Fsp3) is 0.700. The number of ether oxygens (including phenoxy) is 1. The fourth-order valence-electron chi connectivity index (χ4n) is 1.02. The van der Waals surface area contributed by atoms with Gasteiger partial charge in [0.15, 0.2) is 6.10 Å². The van der Waals surface area contributed by atoms with Crippen molar-refractivity contribution >= 4 is 18.0 Å². The molecule has 0 radical (unpaired) electrons. The third-order valence-corrected chi connectivity index (χ3v) is 1.91. The summed E-state index contributed by atoms with van der Waals surface area (Å²) in [5.41, 5.74) is 0. The molecule has 18 heavy (non-hydrogen) atoms. The maximum atomic E-state index is 11.1. The van der Waals surface area contributed by atoms with Gasteiger partial charge in [-0.05, 0) is 6.92 Å². The number of carbonyl (C=O) groups excluding carboxylic acids is 2. The number of carbonyl (C=O) groups is 3. The average molecular weight is 262 g/mol. The number of hydrogen-bond acceptors (Lipinski definition) is 5. The molecular weight excluding hydrogens is 244 g/mol. The van der Waals surface area contributed by atoms with Gasteiger partial charge in [0, 0.05) is 19.5 Å². The van der Waals surface area contributed by atoms with Crippen LogP contribution in [0.5, 0.6) is 0 Å². The van der Waals surface area contributed by atoms with Crippen molar-refractivity contribution in [3.63, 3.8) is 0 Å². The van der Waals surface area contributed by atoms with Crippen LogP contribution in [0.1, 0.15) is 19.8 Å². The Morgan fingerprint density at radius 3 is 2.39 bits per heavy atom. The maximum absolute atomic E-state index is 11.1. The normalized spacial score (nSPS) is 11.4. The number of esters is 1. The molecule has 0 fully saturated rings. The van der Waals surface area contributed by atoms with E-state index in [4.69, 9.17) is 10.2 Å². The molecule has 0 heterocycles. The summed E-state index contributed by atoms with van der Waals surface area (Å²) in [6, 6.07) is -0.531. The van der Waals surface area contributed by atoms with E-state index in [9.17, 15) is 14.4 Å². The summed E-state index contributed by atoms with van der Waals surface area (Å²) in [7, 11) is 0. The van der Waals surface area contributed by atoms with Crippen LogP contribution in [0, 0.1) is 0 Å². The highest BCUT2D eigenvalue weighted by atomic mass is 16.5. The van der Waals surface area contributed by atoms with Gasteiger partial charge in [0.1, 0.15) is 0 Å². The number of carboxylic acid groups (broad SMARTS) is 1. The van der Waals surface area contributed by atoms with E-state index in [1.807, 2.05) is 0 Å². The first-order valence-electron chi connectivity index (χ1n) is 5.55. The quantitative estimate of drug-likeness (QED) is 0.419. The van der Waals surface area contributed by atoms with Crippen molar-refractivity contribution in [2.75, 3.05) is 19.7 Å². The van der Waals surface area contributed by atoms with Crippen LogP contribution in [0.25, 0.3) is 0 Å². The molecule has 0 saturated carbocycles. The van der Waals surface area contributed by atoms with Crippen molar-refractivity contribution < 1.29 is 29.3 Å². The Morgan fingerprint density at radius 1 is 1.22 bits per heavy atom. The number of rotatable bonds is 8. The van der Waals surface area contributed by atoms with E-state index in [2.05, 4.69) is 15.4 Å². The molecule has 0 aliphatic rings. The van der Waals surface area contributed by atoms with Crippen LogP contribution in [0.2, 0.25) is 0 Å². The van der Waals surface area contributed by atoms with Crippen molar-refractivity contribution in [1.29, 1.82) is 0 Å². The molecule has 0 bridgehead atoms. The van der Waals surface area contributed by atoms with Crippen LogP contribution in [-0.2, 0) is 14.3 Å². The van der Waals surface area contributed by atoms with E-state index < -0.39 is 24.1 Å². The molecule has 1 atom stereocenters. The third kappa shape index (κ3) is 8.34. The number of aliphatic hydroxyl groups is 1. The Bertz CT molecular complexity index is 294. The second-order valence-corrected chi connectivity index (χ2v) is 3.38. The van der Waals surface area contributed by atoms with E-state index >= 15 is 0 Å². The number of urea groups is 1. The highest BCUT2D eigenvalue weighted by Crippen LogP contribution is 1.89. The molecule has 1 unspecified atom stereocenters. The molecule has 0 aliphatic heterocycles. The largest absolute Gasteiger partial charge is 0.479 e. The van der Waals surface area contributed by atoms with E-state index in [0.29, 0.717) is 0 Å². The Morgan fingerprint density at radius 2 is 1.83 bits per heavy atom. The second-order valence-electron chi connectivity index (χ2n) is 3.38. The van der Waals surface area contributed by atoms with Gasteiger partial charge in [-0.1, -0.05) is 0 Å². The van der Waals surface area contributed by atoms with Gasteiger partial charge >= 0.3 is 18.0 Å². The van der Waals surface area contributed by atoms with Gasteiger partial charge in [-0.15, -0.1) is 0 Å². The highest BCUT2D eigenvalue weighted by Gasteiger charge is 2.12. The second kappa shape index (κ2) is 9.23. The van der Waals surface area contributed by atoms with Crippen LogP contribution >= 0.6 is 0 Å². The van der Waals surface area contributed by atoms with Crippen molar-refractivity contribution in [2.24, 2.45) is 0 Å². The zero-order valence-electron chi connectivity index (χ0n) is 10.1. The van der Waals surface area contributed by atoms with E-state index in [1.54, 1.807) is 6.92 Å². The first-order valence-corrected chi connectivity index (χ1v) is 5.55. The molecule has 0 aromatic heterocycles. The Kier molecular flexibility index (Phi) is 8.29. The lowest BCUT2D eigenvalue weighted by Crippen LogP contribution is -2.38. The summed E-state index contributed by atoms with van der Waals surface area (Å²) >= 11 is 0. The van der Waals surface area contributed by atoms with Crippen molar-refractivity contribution in [3.05, 3.63) is 0 Å². The zero-order valence-corrected chi connectivity index (χ0v) is 10.1. The van der Waals surface area contributed by atoms with E-state index in [1.165, 1.54) is 0 Å². The van der Waals surface area contributed by atoms with Crippen molar-refractivity contribution in [1.82, 2.24) is 10.6 Å². The summed E-state index contributed by atoms with van der Waals surface area (Å²) in [6.07, 6.45) is -1.51. The molecule has 0 aliphatic carbocycles. The lowest BCUT2D eigenvalue weighted by molar-refractivity contribution is -0.147. The SMILES string of the molecule is CCOC(=O)CCNC(=O)NCCC(O)C(=O)O. The number of amides is 2. The van der Waals surface area contributed by atoms with Gasteiger partial charge in [-0.3, -0.25) is 4.79 Å². The van der Waals surface area contributed by atoms with Crippen molar-refractivity contribution in [2.45, 2.75) is 25.9 Å². The van der Waals surface area contributed by atoms with Crippen LogP contribution in [0.3, 0.4) is 0 Å². The topological polar surface area (TPSA) is 125 Å². The van der Waals surface area contributed by atoms with Gasteiger partial charge in [0.2, 0.25) is 0 Å². The minimum absolute atomic E-state index is 0.0265. The van der Waals surface area contributed by atoms with Gasteiger partial charge in [0.25, 0.3) is 0 Å². The number of carboxylic acids is 1. The Hall–Kier alpha value is -1.83. The lowest BCUT2D eigenvalue weighted by atomic mass is 10.2. The molecule has 0 aromatic rings. The molecule has 104 valence electrons. The van der Waals surface area contributed by atoms with Crippen molar-refractivity contribution in [3.8, 4) is 0 Å². The molecule has 4 N–H and O–H groups in total. The summed E-state index contributed by atoms with van der Waals surface area (Å²) in [6.45, 7) is 2.13. The minimum Gasteiger partial charge on any atom is -0.479 e. The maximum Gasteiger partial charge on any atom is 0.332 e. The van der Waals surface area contributed by atoms with Gasteiger partial charge < -0.3 is 25.6 Å². The zero-order chi connectivity index (χ0) is 14.0. The summed E-state index contributed by atoms with van der Waals surface area (Å²) in [5.74, 6) is -1.74. The first-order chi connectivity index (χ1) is 8.47. The number of aliphatic carboxylic acids is 1. The number of aliphatic hydroxyl groups excluding tert-OH is 1. The molecule has 0 aromatic carbocycles. The monoisotopic (exact) mass is 262 g/mol. The van der Waals surface area contributed by atoms with E-state index in [0.717, 1.165) is 0 Å². The molecule has 0 spiro atoms. The summed E-state index contributed by atoms with van der Waals surface area (Å²) in [4.78, 5) is 32.3. The minimum atomic E-state index is -1.50. The summed E-state index contributed by atoms with van der Waals surface area (Å²) in [5, 5.41) is 22.0. The predicted octanol–water partition coefficient (Wildman–Crippen LogP) is -0.926. The molecule has 0 rings (SSSR count). The standard InChI is InChI=1S/C10H18N2O6/c1-2-18-8(14)4-6-12-10(17)11-5-3-7(13)9(15)16/h7,13H,2-6H2,1H3,(H,15,16)(H2,11,12,17). The lowest BCUT2D eigenvalue weighted by Gasteiger charge is -2.08. The summed E-state index contributed by atoms with van der Waals surface area (Å²) < 4.78 is 4.65. The molecular formula is C10H18N2O6. The smallest absolute Gasteiger partial charge is 0.332 e. The Labute approximate surface area is 104 Å². The first kappa shape index (κ1) is 16.2. The van der Waals surface area contributed by atoms with Crippen LogP contribution in [0.15, 0.2) is 0 Å². The highest BCUT2D eigenvalue weighted by molar-refractivity contribution is 5.75. The molecule has 8 heteroatoms. The number of nitrogens with one attached hydrogen (secondary N) is 2. The third-order valence-electron chi connectivity index (χ3n) is 1.91. The van der Waals surface area contributed by atoms with E-state index in [-0.39, 0.29) is 32.5 Å². The molecule has 8 nitrogen and oxygen atoms in total. The van der Waals surface area contributed by atoms with Gasteiger partial charge in [-0.25, -0.2) is 9.59 Å². The number of hydrogen-bond donors (Lipinski definition) is 4. The molecule has 2 amide bonds. The van der Waals surface area contributed by atoms with Gasteiger partial charge in [-0.2, -0.15) is 0 Å². The fourth-order valence-corrected chi connectivity index (χ4v) is 1.02. The van der Waals surface area contributed by atoms with Crippen LogP contribution < -0.4 is 10.6 Å². The van der Waals surface area contributed by atoms with Crippen LogP contribution in [-0.4, -0.2) is 54.0 Å². The van der Waals surface area contributed by atoms with Crippen LogP contribution in [0.4, 0.5) is 4.79 Å². The average Bonchev–Trinajstić information content (AvgIpc) is 2.29. The molecule has 0 saturated heterocycles.